The van der Waals surface area contributed by atoms with E-state index in [-0.39, 0.29) is 0 Å². The molecular formula is C13H16O2. The maximum absolute atomic E-state index is 11.2. The molecule has 0 spiro atoms. The quantitative estimate of drug-likeness (QED) is 0.763. The van der Waals surface area contributed by atoms with Gasteiger partial charge in [-0.25, -0.2) is 0 Å². The third-order valence-electron chi connectivity index (χ3n) is 3.40. The lowest BCUT2D eigenvalue weighted by atomic mass is 9.73. The summed E-state index contributed by atoms with van der Waals surface area (Å²) in [6, 6.07) is 6.35. The van der Waals surface area contributed by atoms with Crippen molar-refractivity contribution in [3.05, 3.63) is 34.9 Å². The van der Waals surface area contributed by atoms with Crippen molar-refractivity contribution in [1.82, 2.24) is 0 Å². The van der Waals surface area contributed by atoms with Crippen molar-refractivity contribution in [3.8, 4) is 0 Å². The lowest BCUT2D eigenvalue weighted by Gasteiger charge is -2.31. The molecule has 15 heavy (non-hydrogen) atoms. The largest absolute Gasteiger partial charge is 0.481 e. The first-order valence-corrected chi connectivity index (χ1v) is 5.33. The molecule has 0 heterocycles. The van der Waals surface area contributed by atoms with Crippen LogP contribution in [0.5, 0.6) is 0 Å². The van der Waals surface area contributed by atoms with Crippen LogP contribution in [-0.4, -0.2) is 11.1 Å². The fraction of sp³-hybridized carbons (Fsp3) is 0.462. The van der Waals surface area contributed by atoms with E-state index in [1.54, 1.807) is 0 Å². The number of aliphatic carboxylic acids is 1. The summed E-state index contributed by atoms with van der Waals surface area (Å²) in [4.78, 5) is 11.2. The molecule has 1 aliphatic carbocycles. The minimum atomic E-state index is -0.672. The minimum Gasteiger partial charge on any atom is -0.481 e. The predicted molar refractivity (Wildman–Crippen MR) is 58.9 cm³/mol. The molecule has 0 bridgehead atoms. The van der Waals surface area contributed by atoms with Gasteiger partial charge in [-0.2, -0.15) is 0 Å². The molecule has 1 atom stereocenters. The van der Waals surface area contributed by atoms with Gasteiger partial charge >= 0.3 is 5.97 Å². The van der Waals surface area contributed by atoms with Gasteiger partial charge in [0.2, 0.25) is 0 Å². The van der Waals surface area contributed by atoms with Crippen LogP contribution in [0.3, 0.4) is 0 Å². The Morgan fingerprint density at radius 1 is 1.40 bits per heavy atom. The van der Waals surface area contributed by atoms with Gasteiger partial charge in [0, 0.05) is 0 Å². The van der Waals surface area contributed by atoms with Gasteiger partial charge < -0.3 is 5.11 Å². The van der Waals surface area contributed by atoms with E-state index in [2.05, 4.69) is 18.2 Å². The Bertz CT molecular complexity index is 409. The number of carboxylic acid groups (broad SMARTS) is 1. The second-order valence-corrected chi connectivity index (χ2v) is 4.81. The van der Waals surface area contributed by atoms with E-state index < -0.39 is 11.4 Å². The molecule has 0 aliphatic heterocycles. The Morgan fingerprint density at radius 2 is 2.13 bits per heavy atom. The van der Waals surface area contributed by atoms with Crippen LogP contribution in [0.2, 0.25) is 0 Å². The van der Waals surface area contributed by atoms with Crippen LogP contribution in [0.1, 0.15) is 30.0 Å². The molecule has 0 aromatic heterocycles. The highest BCUT2D eigenvalue weighted by Crippen LogP contribution is 2.35. The topological polar surface area (TPSA) is 37.3 Å². The first-order valence-electron chi connectivity index (χ1n) is 5.33. The zero-order valence-electron chi connectivity index (χ0n) is 9.21. The van der Waals surface area contributed by atoms with Crippen molar-refractivity contribution >= 4 is 5.97 Å². The molecule has 2 nitrogen and oxygen atoms in total. The second-order valence-electron chi connectivity index (χ2n) is 4.81. The summed E-state index contributed by atoms with van der Waals surface area (Å²) in [7, 11) is 0. The number of hydrogen-bond acceptors (Lipinski definition) is 1. The molecule has 2 rings (SSSR count). The molecule has 0 radical (unpaired) electrons. The molecule has 0 amide bonds. The van der Waals surface area contributed by atoms with E-state index in [0.29, 0.717) is 6.42 Å². The zero-order chi connectivity index (χ0) is 11.1. The van der Waals surface area contributed by atoms with Crippen molar-refractivity contribution in [2.45, 2.75) is 33.1 Å². The smallest absolute Gasteiger partial charge is 0.309 e. The third kappa shape index (κ3) is 1.76. The lowest BCUT2D eigenvalue weighted by molar-refractivity contribution is -0.148. The van der Waals surface area contributed by atoms with Gasteiger partial charge in [-0.05, 0) is 44.2 Å². The lowest BCUT2D eigenvalue weighted by Crippen LogP contribution is -2.33. The van der Waals surface area contributed by atoms with Crippen molar-refractivity contribution < 1.29 is 9.90 Å². The molecule has 1 unspecified atom stereocenters. The van der Waals surface area contributed by atoms with Gasteiger partial charge in [0.15, 0.2) is 0 Å². The average molecular weight is 204 g/mol. The number of benzene rings is 1. The Kier molecular flexibility index (Phi) is 2.29. The van der Waals surface area contributed by atoms with Gasteiger partial charge in [-0.1, -0.05) is 23.8 Å². The molecule has 0 saturated heterocycles. The Labute approximate surface area is 89.9 Å². The van der Waals surface area contributed by atoms with Crippen LogP contribution in [0.4, 0.5) is 0 Å². The monoisotopic (exact) mass is 204 g/mol. The molecule has 0 saturated carbocycles. The van der Waals surface area contributed by atoms with Gasteiger partial charge in [0.1, 0.15) is 0 Å². The summed E-state index contributed by atoms with van der Waals surface area (Å²) in [5.74, 6) is -0.672. The predicted octanol–water partition coefficient (Wildman–Crippen LogP) is 2.57. The number of hydrogen-bond donors (Lipinski definition) is 1. The number of rotatable bonds is 1. The second kappa shape index (κ2) is 3.37. The molecule has 2 heteroatoms. The SMILES string of the molecule is Cc1ccc2c(c1)CC(C)(C(=O)O)CC2. The molecule has 80 valence electrons. The summed E-state index contributed by atoms with van der Waals surface area (Å²) in [6.07, 6.45) is 2.30. The standard InChI is InChI=1S/C13H16O2/c1-9-3-4-10-5-6-13(2,12(14)15)8-11(10)7-9/h3-4,7H,5-6,8H2,1-2H3,(H,14,15). The highest BCUT2D eigenvalue weighted by Gasteiger charge is 2.36. The van der Waals surface area contributed by atoms with Crippen LogP contribution >= 0.6 is 0 Å². The number of carboxylic acids is 1. The first kappa shape index (κ1) is 10.2. The van der Waals surface area contributed by atoms with E-state index in [4.69, 9.17) is 0 Å². The highest BCUT2D eigenvalue weighted by molar-refractivity contribution is 5.75. The maximum atomic E-state index is 11.2. The van der Waals surface area contributed by atoms with Crippen LogP contribution in [0, 0.1) is 12.3 Å². The van der Waals surface area contributed by atoms with E-state index >= 15 is 0 Å². The Hall–Kier alpha value is -1.31. The van der Waals surface area contributed by atoms with Crippen molar-refractivity contribution in [2.24, 2.45) is 5.41 Å². The van der Waals surface area contributed by atoms with Crippen molar-refractivity contribution in [2.75, 3.05) is 0 Å². The summed E-state index contributed by atoms with van der Waals surface area (Å²) in [5, 5.41) is 9.19. The number of carbonyl (C=O) groups is 1. The van der Waals surface area contributed by atoms with Crippen LogP contribution in [-0.2, 0) is 17.6 Å². The van der Waals surface area contributed by atoms with E-state index in [9.17, 15) is 9.90 Å². The molecule has 1 aliphatic rings. The normalized spacial score (nSPS) is 24.7. The van der Waals surface area contributed by atoms with Crippen LogP contribution < -0.4 is 0 Å². The van der Waals surface area contributed by atoms with Gasteiger partial charge in [0.25, 0.3) is 0 Å². The third-order valence-corrected chi connectivity index (χ3v) is 3.40. The summed E-state index contributed by atoms with van der Waals surface area (Å²) in [5.41, 5.74) is 3.18. The van der Waals surface area contributed by atoms with Gasteiger partial charge in [0.05, 0.1) is 5.41 Å². The van der Waals surface area contributed by atoms with Crippen LogP contribution in [0.25, 0.3) is 0 Å². The molecule has 1 aromatic carbocycles. The van der Waals surface area contributed by atoms with E-state index in [1.165, 1.54) is 16.7 Å². The zero-order valence-corrected chi connectivity index (χ0v) is 9.21. The molecular weight excluding hydrogens is 188 g/mol. The van der Waals surface area contributed by atoms with E-state index in [0.717, 1.165) is 12.8 Å². The summed E-state index contributed by atoms with van der Waals surface area (Å²) in [6.45, 7) is 3.90. The summed E-state index contributed by atoms with van der Waals surface area (Å²) < 4.78 is 0. The van der Waals surface area contributed by atoms with Gasteiger partial charge in [-0.3, -0.25) is 4.79 Å². The van der Waals surface area contributed by atoms with Crippen molar-refractivity contribution in [3.63, 3.8) is 0 Å². The average Bonchev–Trinajstić information content (AvgIpc) is 2.16. The van der Waals surface area contributed by atoms with Crippen molar-refractivity contribution in [1.29, 1.82) is 0 Å². The maximum Gasteiger partial charge on any atom is 0.309 e. The Balaban J connectivity index is 2.37. The minimum absolute atomic E-state index is 0.569. The van der Waals surface area contributed by atoms with Crippen LogP contribution in [0.15, 0.2) is 18.2 Å². The fourth-order valence-electron chi connectivity index (χ4n) is 2.26. The van der Waals surface area contributed by atoms with E-state index in [1.807, 2.05) is 13.8 Å². The highest BCUT2D eigenvalue weighted by atomic mass is 16.4. The van der Waals surface area contributed by atoms with Gasteiger partial charge in [-0.15, -0.1) is 0 Å². The summed E-state index contributed by atoms with van der Waals surface area (Å²) >= 11 is 0. The first-order chi connectivity index (χ1) is 7.01. The molecule has 1 N–H and O–H groups in total. The Morgan fingerprint density at radius 3 is 2.80 bits per heavy atom. The number of fused-ring (bicyclic) bond motifs is 1. The number of aryl methyl sites for hydroxylation is 2. The molecule has 0 fully saturated rings. The molecule has 1 aromatic rings. The fourth-order valence-corrected chi connectivity index (χ4v) is 2.26.